The number of hydrogen-bond acceptors (Lipinski definition) is 11. The molecule has 0 aliphatic carbocycles. The molecule has 7 amide bonds. The first-order valence-electron chi connectivity index (χ1n) is 18.1. The summed E-state index contributed by atoms with van der Waals surface area (Å²) in [5, 5.41) is 34.2. The Balaban J connectivity index is 2.74. The number of nitrogens with one attached hydrogen (secondary N) is 6. The van der Waals surface area contributed by atoms with E-state index in [0.29, 0.717) is 6.29 Å². The van der Waals surface area contributed by atoms with Crippen LogP contribution in [0.1, 0.15) is 82.6 Å². The molecule has 0 heterocycles. The van der Waals surface area contributed by atoms with Crippen molar-refractivity contribution in [3.05, 3.63) is 35.4 Å². The Bertz CT molecular complexity index is 1420. The molecule has 0 aliphatic heterocycles. The average molecular weight is 763 g/mol. The van der Waals surface area contributed by atoms with E-state index >= 15 is 0 Å². The second-order valence-corrected chi connectivity index (χ2v) is 13.4. The van der Waals surface area contributed by atoms with Crippen molar-refractivity contribution < 1.29 is 48.6 Å². The van der Waals surface area contributed by atoms with Crippen LogP contribution in [-0.4, -0.2) is 126 Å². The zero-order chi connectivity index (χ0) is 41.0. The van der Waals surface area contributed by atoms with E-state index in [0.717, 1.165) is 42.6 Å². The van der Waals surface area contributed by atoms with Gasteiger partial charge >= 0.3 is 0 Å². The van der Waals surface area contributed by atoms with Gasteiger partial charge in [0.2, 0.25) is 29.5 Å². The van der Waals surface area contributed by atoms with Crippen molar-refractivity contribution >= 4 is 47.6 Å². The van der Waals surface area contributed by atoms with Crippen molar-refractivity contribution in [2.24, 2.45) is 11.7 Å². The van der Waals surface area contributed by atoms with Gasteiger partial charge in [-0.05, 0) is 56.7 Å². The second kappa shape index (κ2) is 24.4. The number of carbonyl (C=O) groups excluding carboxylic acids is 8. The summed E-state index contributed by atoms with van der Waals surface area (Å²) < 4.78 is 0. The molecule has 0 fully saturated rings. The number of unbranched alkanes of at least 4 members (excludes halogenated alkanes) is 3. The van der Waals surface area contributed by atoms with Crippen LogP contribution >= 0.6 is 0 Å². The predicted octanol–water partition coefficient (Wildman–Crippen LogP) is -2.02. The van der Waals surface area contributed by atoms with Gasteiger partial charge < -0.3 is 57.5 Å². The minimum Gasteiger partial charge on any atom is -0.394 e. The fourth-order valence-corrected chi connectivity index (χ4v) is 5.23. The highest BCUT2D eigenvalue weighted by molar-refractivity contribution is 5.99. The zero-order valence-electron chi connectivity index (χ0n) is 32.0. The number of benzene rings is 1. The fourth-order valence-electron chi connectivity index (χ4n) is 5.23. The summed E-state index contributed by atoms with van der Waals surface area (Å²) in [6.45, 7) is 6.59. The molecular weight excluding hydrogens is 704 g/mol. The monoisotopic (exact) mass is 762 g/mol. The number of carbonyl (C=O) groups is 8. The molecule has 54 heavy (non-hydrogen) atoms. The molecule has 18 nitrogen and oxygen atoms in total. The van der Waals surface area contributed by atoms with Gasteiger partial charge in [-0.2, -0.15) is 0 Å². The van der Waals surface area contributed by atoms with Gasteiger partial charge in [0.15, 0.2) is 6.17 Å². The quantitative estimate of drug-likeness (QED) is 0.0315. The van der Waals surface area contributed by atoms with E-state index in [-0.39, 0.29) is 24.4 Å². The van der Waals surface area contributed by atoms with E-state index in [1.807, 2.05) is 26.0 Å². The molecule has 302 valence electrons. The van der Waals surface area contributed by atoms with Crippen molar-refractivity contribution in [2.45, 2.75) is 110 Å². The van der Waals surface area contributed by atoms with Crippen LogP contribution in [0.15, 0.2) is 24.3 Å². The number of aryl methyl sites for hydroxylation is 1. The normalized spacial score (nSPS) is 14.3. The molecule has 0 saturated carbocycles. The number of aldehydes is 1. The minimum atomic E-state index is -1.70. The summed E-state index contributed by atoms with van der Waals surface area (Å²) >= 11 is 0. The van der Waals surface area contributed by atoms with Crippen molar-refractivity contribution in [1.82, 2.24) is 36.8 Å². The number of aliphatic hydroxyl groups excluding tert-OH is 2. The van der Waals surface area contributed by atoms with E-state index in [1.54, 1.807) is 12.1 Å². The molecule has 0 radical (unpaired) electrons. The lowest BCUT2D eigenvalue weighted by Gasteiger charge is -2.31. The summed E-state index contributed by atoms with van der Waals surface area (Å²) in [6.07, 6.45) is 2.89. The fraction of sp³-hybridized carbons (Fsp3) is 0.611. The number of amides is 7. The van der Waals surface area contributed by atoms with Gasteiger partial charge in [0.25, 0.3) is 11.8 Å². The Kier molecular flexibility index (Phi) is 21.3. The van der Waals surface area contributed by atoms with Crippen molar-refractivity contribution in [3.63, 3.8) is 0 Å². The van der Waals surface area contributed by atoms with Crippen LogP contribution in [0.5, 0.6) is 0 Å². The molecule has 0 aromatic heterocycles. The van der Waals surface area contributed by atoms with Gasteiger partial charge in [0.1, 0.15) is 30.5 Å². The highest BCUT2D eigenvalue weighted by Gasteiger charge is 2.34. The Hall–Kier alpha value is -4.94. The molecule has 0 bridgehead atoms. The summed E-state index contributed by atoms with van der Waals surface area (Å²) in [6, 6.07) is 1.68. The lowest BCUT2D eigenvalue weighted by molar-refractivity contribution is -0.144. The van der Waals surface area contributed by atoms with Gasteiger partial charge in [0, 0.05) is 12.6 Å². The predicted molar refractivity (Wildman–Crippen MR) is 198 cm³/mol. The first kappa shape index (κ1) is 47.1. The van der Waals surface area contributed by atoms with Crippen molar-refractivity contribution in [2.75, 3.05) is 26.7 Å². The van der Waals surface area contributed by atoms with Crippen LogP contribution in [0.4, 0.5) is 0 Å². The molecule has 10 N–H and O–H groups in total. The third-order valence-corrected chi connectivity index (χ3v) is 8.32. The van der Waals surface area contributed by atoms with Crippen molar-refractivity contribution in [3.8, 4) is 0 Å². The SMILES string of the molecule is CCCCCCc1ccc(C(=O)N[C@H](CO)C(=O)N[C@H](N)C(=O)NCC(=O)N(C)[C@H](C(=O)N[C@@H](C)C(=O)N[C@@H](CC(C)C)C(=O)NCC=O)C(C)O)cc1. The number of nitrogens with two attached hydrogens (primary N) is 1. The third kappa shape index (κ3) is 16.4. The standard InChI is InChI=1S/C36H58N8O10/c1-7-8-9-10-11-24-12-14-25(15-13-24)32(50)42-27(20-46)34(52)43-30(37)36(54)39-19-28(48)44(6)29(23(5)47)35(53)40-22(4)31(49)41-26(18-21(2)3)33(51)38-16-17-45/h12-15,17,21-23,26-27,29-30,46-47H,7-11,16,18-20,37H2,1-6H3,(H,38,51)(H,39,54)(H,40,53)(H,41,49)(H,42,50)(H,43,52)/t22-,23?,26-,27+,29-,30-/m0/s1. The number of nitrogens with zero attached hydrogens (tertiary/aromatic N) is 1. The maximum absolute atomic E-state index is 13.1. The molecule has 1 aromatic carbocycles. The molecule has 1 unspecified atom stereocenters. The molecule has 18 heteroatoms. The first-order valence-corrected chi connectivity index (χ1v) is 18.1. The van der Waals surface area contributed by atoms with Gasteiger partial charge in [0.05, 0.1) is 25.8 Å². The number of rotatable bonds is 24. The second-order valence-electron chi connectivity index (χ2n) is 13.4. The Labute approximate surface area is 316 Å². The van der Waals surface area contributed by atoms with E-state index < -0.39 is 90.9 Å². The summed E-state index contributed by atoms with van der Waals surface area (Å²) in [7, 11) is 1.18. The largest absolute Gasteiger partial charge is 0.394 e. The zero-order valence-corrected chi connectivity index (χ0v) is 32.0. The lowest BCUT2D eigenvalue weighted by Crippen LogP contribution is -2.60. The molecular formula is C36H58N8O10. The molecule has 0 saturated heterocycles. The van der Waals surface area contributed by atoms with Crippen LogP contribution in [0.25, 0.3) is 0 Å². The van der Waals surface area contributed by atoms with Crippen LogP contribution < -0.4 is 37.6 Å². The maximum Gasteiger partial charge on any atom is 0.257 e. The topological polar surface area (TPSA) is 278 Å². The average Bonchev–Trinajstić information content (AvgIpc) is 3.12. The van der Waals surface area contributed by atoms with Crippen LogP contribution in [0.3, 0.4) is 0 Å². The van der Waals surface area contributed by atoms with E-state index in [2.05, 4.69) is 38.8 Å². The molecule has 0 aliphatic rings. The third-order valence-electron chi connectivity index (χ3n) is 8.32. The van der Waals surface area contributed by atoms with Crippen LogP contribution in [0.2, 0.25) is 0 Å². The molecule has 1 aromatic rings. The Morgan fingerprint density at radius 1 is 0.796 bits per heavy atom. The summed E-state index contributed by atoms with van der Waals surface area (Å²) in [5.74, 6) is -5.70. The van der Waals surface area contributed by atoms with E-state index in [1.165, 1.54) is 20.9 Å². The van der Waals surface area contributed by atoms with E-state index in [4.69, 9.17) is 5.73 Å². The van der Waals surface area contributed by atoms with Crippen LogP contribution in [0, 0.1) is 5.92 Å². The Morgan fingerprint density at radius 3 is 2.00 bits per heavy atom. The lowest BCUT2D eigenvalue weighted by atomic mass is 10.0. The van der Waals surface area contributed by atoms with Gasteiger partial charge in [-0.3, -0.25) is 33.6 Å². The number of hydrogen-bond donors (Lipinski definition) is 9. The maximum atomic E-state index is 13.1. The molecule has 1 rings (SSSR count). The van der Waals surface area contributed by atoms with Crippen molar-refractivity contribution in [1.29, 1.82) is 0 Å². The van der Waals surface area contributed by atoms with E-state index in [9.17, 15) is 48.6 Å². The number of likely N-dealkylation sites (N-methyl/N-ethyl adjacent to an activating group) is 1. The number of aliphatic hydroxyl groups is 2. The van der Waals surface area contributed by atoms with Gasteiger partial charge in [-0.1, -0.05) is 52.2 Å². The van der Waals surface area contributed by atoms with Crippen LogP contribution in [-0.2, 0) is 40.0 Å². The first-order chi connectivity index (χ1) is 25.5. The summed E-state index contributed by atoms with van der Waals surface area (Å²) in [5.41, 5.74) is 7.11. The van der Waals surface area contributed by atoms with Gasteiger partial charge in [-0.15, -0.1) is 0 Å². The smallest absolute Gasteiger partial charge is 0.257 e. The molecule has 0 spiro atoms. The molecule has 6 atom stereocenters. The highest BCUT2D eigenvalue weighted by atomic mass is 16.3. The summed E-state index contributed by atoms with van der Waals surface area (Å²) in [4.78, 5) is 101. The highest BCUT2D eigenvalue weighted by Crippen LogP contribution is 2.11. The minimum absolute atomic E-state index is 0.00332. The Morgan fingerprint density at radius 2 is 1.44 bits per heavy atom. The van der Waals surface area contributed by atoms with Gasteiger partial charge in [-0.25, -0.2) is 0 Å².